The van der Waals surface area contributed by atoms with Crippen molar-refractivity contribution in [3.63, 3.8) is 0 Å². The first-order valence-corrected chi connectivity index (χ1v) is 9.41. The SMILES string of the molecule is Cl.O=C1CC(C(=O)N2CCCC(N3CCNCC3=O)C2)c2ccc(F)cc2N1. The number of halogens is 2. The van der Waals surface area contributed by atoms with Crippen LogP contribution in [-0.4, -0.2) is 66.3 Å². The van der Waals surface area contributed by atoms with Crippen LogP contribution in [0.1, 0.15) is 30.7 Å². The minimum Gasteiger partial charge on any atom is -0.340 e. The highest BCUT2D eigenvalue weighted by molar-refractivity contribution is 6.01. The summed E-state index contributed by atoms with van der Waals surface area (Å²) in [7, 11) is 0. The molecular weight excluding hydrogens is 387 g/mol. The van der Waals surface area contributed by atoms with Gasteiger partial charge in [0.2, 0.25) is 17.7 Å². The number of anilines is 1. The Bertz CT molecular complexity index is 790. The predicted octanol–water partition coefficient (Wildman–Crippen LogP) is 1.10. The molecule has 3 heterocycles. The van der Waals surface area contributed by atoms with Gasteiger partial charge in [0, 0.05) is 44.3 Å². The van der Waals surface area contributed by atoms with Crippen LogP contribution in [-0.2, 0) is 14.4 Å². The molecule has 2 atom stereocenters. The lowest BCUT2D eigenvalue weighted by Gasteiger charge is -2.42. The fourth-order valence-electron chi connectivity index (χ4n) is 4.29. The Kier molecular flexibility index (Phi) is 6.20. The standard InChI is InChI=1S/C19H23FN4O3.ClH/c20-12-3-4-14-15(9-17(25)22-16(14)8-12)19(27)23-6-1-2-13(11-23)24-7-5-21-10-18(24)26;/h3-4,8,13,15,21H,1-2,5-7,9-11H2,(H,22,25);1H. The number of piperazine rings is 1. The summed E-state index contributed by atoms with van der Waals surface area (Å²) in [5.41, 5.74) is 1.02. The van der Waals surface area contributed by atoms with Crippen molar-refractivity contribution in [1.29, 1.82) is 0 Å². The highest BCUT2D eigenvalue weighted by Crippen LogP contribution is 2.34. The number of benzene rings is 1. The molecule has 2 unspecified atom stereocenters. The van der Waals surface area contributed by atoms with Gasteiger partial charge in [-0.3, -0.25) is 14.4 Å². The Hall–Kier alpha value is -2.19. The van der Waals surface area contributed by atoms with Gasteiger partial charge in [0.25, 0.3) is 0 Å². The fourth-order valence-corrected chi connectivity index (χ4v) is 4.29. The normalized spacial score (nSPS) is 24.9. The Morgan fingerprint density at radius 1 is 1.21 bits per heavy atom. The first-order valence-electron chi connectivity index (χ1n) is 9.41. The van der Waals surface area contributed by atoms with E-state index in [-0.39, 0.29) is 42.6 Å². The van der Waals surface area contributed by atoms with Crippen LogP contribution in [0.15, 0.2) is 18.2 Å². The van der Waals surface area contributed by atoms with Crippen molar-refractivity contribution in [1.82, 2.24) is 15.1 Å². The number of nitrogens with one attached hydrogen (secondary N) is 2. The summed E-state index contributed by atoms with van der Waals surface area (Å²) >= 11 is 0. The average molecular weight is 411 g/mol. The van der Waals surface area contributed by atoms with Crippen molar-refractivity contribution >= 4 is 35.8 Å². The van der Waals surface area contributed by atoms with Crippen LogP contribution >= 0.6 is 12.4 Å². The zero-order valence-electron chi connectivity index (χ0n) is 15.4. The minimum absolute atomic E-state index is 0. The summed E-state index contributed by atoms with van der Waals surface area (Å²) in [6.45, 7) is 2.85. The molecule has 1 aromatic carbocycles. The summed E-state index contributed by atoms with van der Waals surface area (Å²) < 4.78 is 13.5. The van der Waals surface area contributed by atoms with Crippen molar-refractivity contribution in [3.8, 4) is 0 Å². The predicted molar refractivity (Wildman–Crippen MR) is 104 cm³/mol. The maximum Gasteiger partial charge on any atom is 0.236 e. The Labute approximate surface area is 169 Å². The number of likely N-dealkylation sites (tertiary alicyclic amines) is 1. The number of piperidine rings is 1. The fraction of sp³-hybridized carbons (Fsp3) is 0.526. The Morgan fingerprint density at radius 2 is 2.04 bits per heavy atom. The molecule has 4 rings (SSSR count). The van der Waals surface area contributed by atoms with Gasteiger partial charge < -0.3 is 20.4 Å². The first-order chi connectivity index (χ1) is 13.0. The summed E-state index contributed by atoms with van der Waals surface area (Å²) in [6.07, 6.45) is 1.76. The minimum atomic E-state index is -0.605. The second-order valence-electron chi connectivity index (χ2n) is 7.38. The van der Waals surface area contributed by atoms with Crippen LogP contribution in [0.25, 0.3) is 0 Å². The van der Waals surface area contributed by atoms with Gasteiger partial charge in [-0.25, -0.2) is 4.39 Å². The van der Waals surface area contributed by atoms with Gasteiger partial charge in [0.05, 0.1) is 12.5 Å². The number of nitrogens with zero attached hydrogens (tertiary/aromatic N) is 2. The van der Waals surface area contributed by atoms with Crippen molar-refractivity contribution < 1.29 is 18.8 Å². The van der Waals surface area contributed by atoms with Crippen LogP contribution in [0.3, 0.4) is 0 Å². The molecule has 0 saturated carbocycles. The van der Waals surface area contributed by atoms with Gasteiger partial charge in [-0.15, -0.1) is 12.4 Å². The molecule has 0 radical (unpaired) electrons. The maximum absolute atomic E-state index is 13.5. The molecule has 9 heteroatoms. The lowest BCUT2D eigenvalue weighted by Crippen LogP contribution is -2.58. The second-order valence-corrected chi connectivity index (χ2v) is 7.38. The topological polar surface area (TPSA) is 81.8 Å². The van der Waals surface area contributed by atoms with Gasteiger partial charge in [-0.1, -0.05) is 6.07 Å². The zero-order chi connectivity index (χ0) is 19.0. The van der Waals surface area contributed by atoms with E-state index < -0.39 is 11.7 Å². The van der Waals surface area contributed by atoms with E-state index in [0.29, 0.717) is 37.4 Å². The molecular formula is C19H24ClFN4O3. The molecule has 1 aromatic rings. The van der Waals surface area contributed by atoms with E-state index in [1.807, 2.05) is 4.90 Å². The molecule has 2 saturated heterocycles. The van der Waals surface area contributed by atoms with E-state index in [1.54, 1.807) is 11.0 Å². The van der Waals surface area contributed by atoms with Crippen LogP contribution < -0.4 is 10.6 Å². The van der Waals surface area contributed by atoms with Gasteiger partial charge in [0.15, 0.2) is 0 Å². The number of carbonyl (C=O) groups is 3. The third-order valence-corrected chi connectivity index (χ3v) is 5.63. The van der Waals surface area contributed by atoms with Crippen molar-refractivity contribution in [3.05, 3.63) is 29.6 Å². The van der Waals surface area contributed by atoms with E-state index in [0.717, 1.165) is 19.4 Å². The summed E-state index contributed by atoms with van der Waals surface area (Å²) in [6, 6.07) is 4.16. The van der Waals surface area contributed by atoms with E-state index in [1.165, 1.54) is 12.1 Å². The number of fused-ring (bicyclic) bond motifs is 1. The molecule has 0 aromatic heterocycles. The average Bonchev–Trinajstić information content (AvgIpc) is 2.67. The molecule has 0 aliphatic carbocycles. The third-order valence-electron chi connectivity index (χ3n) is 5.63. The lowest BCUT2D eigenvalue weighted by molar-refractivity contribution is -0.141. The molecule has 3 aliphatic heterocycles. The molecule has 0 spiro atoms. The first kappa shape index (κ1) is 20.5. The molecule has 152 valence electrons. The largest absolute Gasteiger partial charge is 0.340 e. The van der Waals surface area contributed by atoms with Gasteiger partial charge in [-0.05, 0) is 30.5 Å². The second kappa shape index (κ2) is 8.45. The van der Waals surface area contributed by atoms with Crippen LogP contribution in [0.4, 0.5) is 10.1 Å². The van der Waals surface area contributed by atoms with Crippen LogP contribution in [0, 0.1) is 5.82 Å². The Balaban J connectivity index is 0.00000225. The number of carbonyl (C=O) groups excluding carboxylic acids is 3. The van der Waals surface area contributed by atoms with E-state index in [4.69, 9.17) is 0 Å². The lowest BCUT2D eigenvalue weighted by atomic mass is 9.88. The zero-order valence-corrected chi connectivity index (χ0v) is 16.3. The molecule has 2 fully saturated rings. The van der Waals surface area contributed by atoms with E-state index in [9.17, 15) is 18.8 Å². The Morgan fingerprint density at radius 3 is 2.82 bits per heavy atom. The maximum atomic E-state index is 13.5. The highest BCUT2D eigenvalue weighted by atomic mass is 35.5. The number of amides is 3. The van der Waals surface area contributed by atoms with Crippen molar-refractivity contribution in [2.24, 2.45) is 0 Å². The molecule has 28 heavy (non-hydrogen) atoms. The van der Waals surface area contributed by atoms with Crippen LogP contribution in [0.2, 0.25) is 0 Å². The van der Waals surface area contributed by atoms with Gasteiger partial charge >= 0.3 is 0 Å². The summed E-state index contributed by atoms with van der Waals surface area (Å²) in [5, 5.41) is 5.71. The van der Waals surface area contributed by atoms with E-state index >= 15 is 0 Å². The molecule has 7 nitrogen and oxygen atoms in total. The molecule has 2 N–H and O–H groups in total. The number of rotatable bonds is 2. The molecule has 0 bridgehead atoms. The smallest absolute Gasteiger partial charge is 0.236 e. The van der Waals surface area contributed by atoms with Crippen molar-refractivity contribution in [2.75, 3.05) is 38.0 Å². The highest BCUT2D eigenvalue weighted by Gasteiger charge is 2.37. The quantitative estimate of drug-likeness (QED) is 0.765. The monoisotopic (exact) mass is 410 g/mol. The van der Waals surface area contributed by atoms with Gasteiger partial charge in [0.1, 0.15) is 5.82 Å². The number of hydrogen-bond acceptors (Lipinski definition) is 4. The van der Waals surface area contributed by atoms with Gasteiger partial charge in [-0.2, -0.15) is 0 Å². The molecule has 3 amide bonds. The molecule has 3 aliphatic rings. The van der Waals surface area contributed by atoms with E-state index in [2.05, 4.69) is 10.6 Å². The third kappa shape index (κ3) is 3.98. The van der Waals surface area contributed by atoms with Crippen molar-refractivity contribution in [2.45, 2.75) is 31.2 Å². The van der Waals surface area contributed by atoms with Crippen LogP contribution in [0.5, 0.6) is 0 Å². The summed E-state index contributed by atoms with van der Waals surface area (Å²) in [5.74, 6) is -1.38. The number of hydrogen-bond donors (Lipinski definition) is 2. The summed E-state index contributed by atoms with van der Waals surface area (Å²) in [4.78, 5) is 41.0.